The molecule has 6 heteroatoms. The third-order valence-corrected chi connectivity index (χ3v) is 5.67. The third-order valence-electron chi connectivity index (χ3n) is 5.67. The number of benzene rings is 2. The Balaban J connectivity index is 1.24. The summed E-state index contributed by atoms with van der Waals surface area (Å²) in [5.74, 6) is 0.0477. The molecule has 2 saturated heterocycles. The number of nitrogens with one attached hydrogen (secondary N) is 1. The Morgan fingerprint density at radius 1 is 0.833 bits per heavy atom. The van der Waals surface area contributed by atoms with Crippen LogP contribution in [0.1, 0.15) is 16.7 Å². The molecule has 0 aliphatic carbocycles. The maximum atomic E-state index is 12.4. The number of amides is 1. The SMILES string of the molecule is O=C(Cc1cccc(N2CCOCC2)c1)NCc1ccc(CN2CCOCC2)cc1. The molecule has 2 aromatic carbocycles. The van der Waals surface area contributed by atoms with Crippen LogP contribution in [-0.2, 0) is 33.8 Å². The molecule has 0 atom stereocenters. The molecule has 2 aliphatic heterocycles. The van der Waals surface area contributed by atoms with Gasteiger partial charge in [-0.3, -0.25) is 9.69 Å². The number of carbonyl (C=O) groups excluding carboxylic acids is 1. The second-order valence-corrected chi connectivity index (χ2v) is 7.93. The Morgan fingerprint density at radius 3 is 2.23 bits per heavy atom. The van der Waals surface area contributed by atoms with Crippen LogP contribution in [-0.4, -0.2) is 63.4 Å². The average molecular weight is 410 g/mol. The number of rotatable bonds is 7. The summed E-state index contributed by atoms with van der Waals surface area (Å²) < 4.78 is 10.8. The molecule has 1 amide bonds. The van der Waals surface area contributed by atoms with Gasteiger partial charge in [-0.15, -0.1) is 0 Å². The molecule has 30 heavy (non-hydrogen) atoms. The molecule has 0 saturated carbocycles. The van der Waals surface area contributed by atoms with Crippen molar-refractivity contribution < 1.29 is 14.3 Å². The summed E-state index contributed by atoms with van der Waals surface area (Å²) in [4.78, 5) is 17.2. The van der Waals surface area contributed by atoms with E-state index in [4.69, 9.17) is 9.47 Å². The van der Waals surface area contributed by atoms with Crippen molar-refractivity contribution in [3.63, 3.8) is 0 Å². The topological polar surface area (TPSA) is 54.0 Å². The third kappa shape index (κ3) is 6.05. The fraction of sp³-hybridized carbons (Fsp3) is 0.458. The van der Waals surface area contributed by atoms with Crippen molar-refractivity contribution >= 4 is 11.6 Å². The van der Waals surface area contributed by atoms with Crippen molar-refractivity contribution in [3.8, 4) is 0 Å². The number of anilines is 1. The van der Waals surface area contributed by atoms with Gasteiger partial charge in [-0.2, -0.15) is 0 Å². The number of morpholine rings is 2. The molecule has 0 aromatic heterocycles. The summed E-state index contributed by atoms with van der Waals surface area (Å²) in [6.07, 6.45) is 0.396. The molecule has 2 heterocycles. The second-order valence-electron chi connectivity index (χ2n) is 7.93. The zero-order valence-corrected chi connectivity index (χ0v) is 17.5. The predicted molar refractivity (Wildman–Crippen MR) is 118 cm³/mol. The van der Waals surface area contributed by atoms with E-state index in [2.05, 4.69) is 51.5 Å². The first kappa shape index (κ1) is 20.8. The molecule has 2 aliphatic rings. The highest BCUT2D eigenvalue weighted by atomic mass is 16.5. The molecule has 2 fully saturated rings. The van der Waals surface area contributed by atoms with Gasteiger partial charge in [-0.1, -0.05) is 36.4 Å². The number of carbonyl (C=O) groups is 1. The Hall–Kier alpha value is -2.41. The molecule has 2 aromatic rings. The molecule has 4 rings (SSSR count). The first-order chi connectivity index (χ1) is 14.8. The summed E-state index contributed by atoms with van der Waals surface area (Å²) in [5, 5.41) is 3.05. The summed E-state index contributed by atoms with van der Waals surface area (Å²) in [7, 11) is 0. The minimum atomic E-state index is 0.0477. The van der Waals surface area contributed by atoms with Gasteiger partial charge in [0.25, 0.3) is 0 Å². The standard InChI is InChI=1S/C24H31N3O3/c28-24(17-22-2-1-3-23(16-22)27-10-14-30-15-11-27)25-18-20-4-6-21(7-5-20)19-26-8-12-29-13-9-26/h1-7,16H,8-15,17-19H2,(H,25,28). The van der Waals surface area contributed by atoms with Crippen LogP contribution in [0, 0.1) is 0 Å². The minimum Gasteiger partial charge on any atom is -0.379 e. The number of nitrogens with zero attached hydrogens (tertiary/aromatic N) is 2. The van der Waals surface area contributed by atoms with Crippen LogP contribution in [0.2, 0.25) is 0 Å². The van der Waals surface area contributed by atoms with Crippen LogP contribution >= 0.6 is 0 Å². The van der Waals surface area contributed by atoms with Gasteiger partial charge >= 0.3 is 0 Å². The summed E-state index contributed by atoms with van der Waals surface area (Å²) in [5.41, 5.74) is 4.62. The monoisotopic (exact) mass is 409 g/mol. The van der Waals surface area contributed by atoms with E-state index in [1.165, 1.54) is 11.3 Å². The van der Waals surface area contributed by atoms with Crippen molar-refractivity contribution in [1.29, 1.82) is 0 Å². The highest BCUT2D eigenvalue weighted by Gasteiger charge is 2.13. The van der Waals surface area contributed by atoms with Gasteiger partial charge in [-0.25, -0.2) is 0 Å². The lowest BCUT2D eigenvalue weighted by Crippen LogP contribution is -2.36. The van der Waals surface area contributed by atoms with Crippen molar-refractivity contribution in [3.05, 3.63) is 65.2 Å². The summed E-state index contributed by atoms with van der Waals surface area (Å²) >= 11 is 0. The van der Waals surface area contributed by atoms with E-state index in [0.717, 1.165) is 70.3 Å². The van der Waals surface area contributed by atoms with Crippen LogP contribution in [0.3, 0.4) is 0 Å². The molecule has 160 valence electrons. The molecule has 0 bridgehead atoms. The first-order valence-electron chi connectivity index (χ1n) is 10.8. The van der Waals surface area contributed by atoms with E-state index >= 15 is 0 Å². The van der Waals surface area contributed by atoms with E-state index < -0.39 is 0 Å². The Kier molecular flexibility index (Phi) is 7.34. The summed E-state index contributed by atoms with van der Waals surface area (Å²) in [6, 6.07) is 16.8. The van der Waals surface area contributed by atoms with Crippen molar-refractivity contribution in [2.45, 2.75) is 19.5 Å². The normalized spacial score (nSPS) is 17.7. The van der Waals surface area contributed by atoms with Crippen LogP contribution in [0.4, 0.5) is 5.69 Å². The fourth-order valence-electron chi connectivity index (χ4n) is 3.91. The van der Waals surface area contributed by atoms with Gasteiger partial charge in [0.1, 0.15) is 0 Å². The smallest absolute Gasteiger partial charge is 0.224 e. The van der Waals surface area contributed by atoms with Crippen LogP contribution in [0.15, 0.2) is 48.5 Å². The van der Waals surface area contributed by atoms with Gasteiger partial charge in [-0.05, 0) is 28.8 Å². The predicted octanol–water partition coefficient (Wildman–Crippen LogP) is 2.21. The zero-order chi connectivity index (χ0) is 20.6. The van der Waals surface area contributed by atoms with Crippen LogP contribution < -0.4 is 10.2 Å². The van der Waals surface area contributed by atoms with Crippen molar-refractivity contribution in [1.82, 2.24) is 10.2 Å². The second kappa shape index (κ2) is 10.6. The summed E-state index contributed by atoms with van der Waals surface area (Å²) in [6.45, 7) is 8.45. The molecule has 6 nitrogen and oxygen atoms in total. The molecular formula is C24H31N3O3. The van der Waals surface area contributed by atoms with E-state index in [-0.39, 0.29) is 5.91 Å². The molecule has 0 radical (unpaired) electrons. The highest BCUT2D eigenvalue weighted by Crippen LogP contribution is 2.18. The quantitative estimate of drug-likeness (QED) is 0.760. The van der Waals surface area contributed by atoms with E-state index in [1.807, 2.05) is 12.1 Å². The first-order valence-corrected chi connectivity index (χ1v) is 10.8. The van der Waals surface area contributed by atoms with Gasteiger partial charge < -0.3 is 19.7 Å². The molecule has 0 spiro atoms. The largest absolute Gasteiger partial charge is 0.379 e. The van der Waals surface area contributed by atoms with Gasteiger partial charge in [0.2, 0.25) is 5.91 Å². The number of ether oxygens (including phenoxy) is 2. The molecule has 0 unspecified atom stereocenters. The van der Waals surface area contributed by atoms with Gasteiger partial charge in [0.15, 0.2) is 0 Å². The molecular weight excluding hydrogens is 378 g/mol. The Morgan fingerprint density at radius 2 is 1.50 bits per heavy atom. The maximum absolute atomic E-state index is 12.4. The Bertz CT molecular complexity index is 813. The number of hydrogen-bond acceptors (Lipinski definition) is 5. The Labute approximate surface area is 178 Å². The molecule has 1 N–H and O–H groups in total. The maximum Gasteiger partial charge on any atom is 0.224 e. The van der Waals surface area contributed by atoms with Crippen LogP contribution in [0.25, 0.3) is 0 Å². The van der Waals surface area contributed by atoms with E-state index in [1.54, 1.807) is 0 Å². The van der Waals surface area contributed by atoms with E-state index in [9.17, 15) is 4.79 Å². The van der Waals surface area contributed by atoms with Gasteiger partial charge in [0, 0.05) is 45.0 Å². The average Bonchev–Trinajstić information content (AvgIpc) is 2.80. The van der Waals surface area contributed by atoms with Crippen molar-refractivity contribution in [2.75, 3.05) is 57.5 Å². The lowest BCUT2D eigenvalue weighted by atomic mass is 10.1. The van der Waals surface area contributed by atoms with Crippen LogP contribution in [0.5, 0.6) is 0 Å². The van der Waals surface area contributed by atoms with Crippen molar-refractivity contribution in [2.24, 2.45) is 0 Å². The van der Waals surface area contributed by atoms with Gasteiger partial charge in [0.05, 0.1) is 32.8 Å². The number of hydrogen-bond donors (Lipinski definition) is 1. The minimum absolute atomic E-state index is 0.0477. The lowest BCUT2D eigenvalue weighted by molar-refractivity contribution is -0.120. The lowest BCUT2D eigenvalue weighted by Gasteiger charge is -2.29. The highest BCUT2D eigenvalue weighted by molar-refractivity contribution is 5.78. The fourth-order valence-corrected chi connectivity index (χ4v) is 3.91. The zero-order valence-electron chi connectivity index (χ0n) is 17.5. The van der Waals surface area contributed by atoms with E-state index in [0.29, 0.717) is 13.0 Å².